The summed E-state index contributed by atoms with van der Waals surface area (Å²) in [7, 11) is 3.05. The van der Waals surface area contributed by atoms with E-state index in [1.165, 1.54) is 24.7 Å². The SMILES string of the molecule is CC(=O)c1cn(Cc2c(Cl)c(C)nn2C)c(=O)n(C)c1=O. The van der Waals surface area contributed by atoms with Crippen LogP contribution in [-0.2, 0) is 20.6 Å². The van der Waals surface area contributed by atoms with Crippen molar-refractivity contribution in [2.45, 2.75) is 20.4 Å². The molecule has 2 aromatic rings. The molecule has 2 aromatic heterocycles. The lowest BCUT2D eigenvalue weighted by Crippen LogP contribution is -2.40. The number of carbonyl (C=O) groups excluding carboxylic acids is 1. The Balaban J connectivity index is 2.63. The number of halogens is 1. The van der Waals surface area contributed by atoms with Crippen LogP contribution < -0.4 is 11.2 Å². The number of rotatable bonds is 3. The Morgan fingerprint density at radius 2 is 1.95 bits per heavy atom. The van der Waals surface area contributed by atoms with Crippen molar-refractivity contribution in [2.24, 2.45) is 14.1 Å². The molecule has 0 aliphatic rings. The van der Waals surface area contributed by atoms with Gasteiger partial charge in [-0.3, -0.25) is 23.4 Å². The fourth-order valence-corrected chi connectivity index (χ4v) is 2.31. The van der Waals surface area contributed by atoms with Crippen LogP contribution in [-0.4, -0.2) is 24.7 Å². The van der Waals surface area contributed by atoms with Crippen LogP contribution in [0.3, 0.4) is 0 Å². The minimum atomic E-state index is -0.601. The highest BCUT2D eigenvalue weighted by molar-refractivity contribution is 6.31. The highest BCUT2D eigenvalue weighted by Gasteiger charge is 2.16. The first-order valence-corrected chi connectivity index (χ1v) is 6.61. The molecular weight excluding hydrogens is 296 g/mol. The third kappa shape index (κ3) is 2.56. The van der Waals surface area contributed by atoms with Crippen molar-refractivity contribution in [1.29, 1.82) is 0 Å². The van der Waals surface area contributed by atoms with Gasteiger partial charge < -0.3 is 0 Å². The summed E-state index contributed by atoms with van der Waals surface area (Å²) in [6.45, 7) is 3.17. The average Bonchev–Trinajstić information content (AvgIpc) is 2.65. The van der Waals surface area contributed by atoms with E-state index in [0.717, 1.165) is 4.57 Å². The van der Waals surface area contributed by atoms with Gasteiger partial charge in [0.1, 0.15) is 0 Å². The van der Waals surface area contributed by atoms with Crippen molar-refractivity contribution in [1.82, 2.24) is 18.9 Å². The van der Waals surface area contributed by atoms with Gasteiger partial charge in [0, 0.05) is 20.3 Å². The molecule has 0 atom stereocenters. The summed E-state index contributed by atoms with van der Waals surface area (Å²) < 4.78 is 3.76. The first-order chi connectivity index (χ1) is 9.73. The minimum absolute atomic E-state index is 0.0351. The van der Waals surface area contributed by atoms with E-state index in [1.807, 2.05) is 0 Å². The number of ketones is 1. The summed E-state index contributed by atoms with van der Waals surface area (Å²) in [5, 5.41) is 4.63. The first kappa shape index (κ1) is 15.2. The van der Waals surface area contributed by atoms with Crippen LogP contribution in [0, 0.1) is 6.92 Å². The fraction of sp³-hybridized carbons (Fsp3) is 0.385. The lowest BCUT2D eigenvalue weighted by Gasteiger charge is -2.10. The zero-order chi connectivity index (χ0) is 15.9. The summed E-state index contributed by atoms with van der Waals surface area (Å²) in [5.41, 5.74) is 0.131. The van der Waals surface area contributed by atoms with Gasteiger partial charge in [-0.15, -0.1) is 0 Å². The summed E-state index contributed by atoms with van der Waals surface area (Å²) in [6.07, 6.45) is 1.27. The molecule has 0 aromatic carbocycles. The lowest BCUT2D eigenvalue weighted by atomic mass is 10.2. The molecule has 0 spiro atoms. The molecule has 0 amide bonds. The Kier molecular flexibility index (Phi) is 3.87. The second-order valence-corrected chi connectivity index (χ2v) is 5.22. The predicted molar refractivity (Wildman–Crippen MR) is 78.0 cm³/mol. The maximum atomic E-state index is 12.1. The summed E-state index contributed by atoms with van der Waals surface area (Å²) >= 11 is 6.16. The number of aromatic nitrogens is 4. The Hall–Kier alpha value is -2.15. The van der Waals surface area contributed by atoms with Crippen LogP contribution in [0.4, 0.5) is 0 Å². The van der Waals surface area contributed by atoms with Gasteiger partial charge in [-0.05, 0) is 13.8 Å². The Labute approximate surface area is 125 Å². The number of nitrogens with zero attached hydrogens (tertiary/aromatic N) is 4. The zero-order valence-electron chi connectivity index (χ0n) is 12.2. The summed E-state index contributed by atoms with van der Waals surface area (Å²) in [4.78, 5) is 35.5. The highest BCUT2D eigenvalue weighted by atomic mass is 35.5. The van der Waals surface area contributed by atoms with Crippen LogP contribution in [0.2, 0.25) is 5.02 Å². The molecule has 0 saturated carbocycles. The summed E-state index contributed by atoms with van der Waals surface area (Å²) in [5.74, 6) is -0.392. The van der Waals surface area contributed by atoms with Gasteiger partial charge in [-0.25, -0.2) is 4.79 Å². The molecule has 0 radical (unpaired) electrons. The van der Waals surface area contributed by atoms with Crippen molar-refractivity contribution in [3.05, 3.63) is 49.0 Å². The maximum Gasteiger partial charge on any atom is 0.331 e. The molecular formula is C13H15ClN4O3. The molecule has 112 valence electrons. The number of aryl methyl sites for hydroxylation is 2. The van der Waals surface area contributed by atoms with Crippen molar-refractivity contribution in [2.75, 3.05) is 0 Å². The lowest BCUT2D eigenvalue weighted by molar-refractivity contribution is 0.101. The van der Waals surface area contributed by atoms with Crippen LogP contribution in [0.15, 0.2) is 15.8 Å². The molecule has 0 aliphatic carbocycles. The molecule has 2 rings (SSSR count). The highest BCUT2D eigenvalue weighted by Crippen LogP contribution is 2.19. The standard InChI is InChI=1S/C13H15ClN4O3/c1-7-11(14)10(17(4)15-7)6-18-5-9(8(2)19)12(20)16(3)13(18)21/h5H,6H2,1-4H3. The van der Waals surface area contributed by atoms with E-state index in [9.17, 15) is 14.4 Å². The van der Waals surface area contributed by atoms with Crippen LogP contribution in [0.5, 0.6) is 0 Å². The van der Waals surface area contributed by atoms with Crippen molar-refractivity contribution < 1.29 is 4.79 Å². The van der Waals surface area contributed by atoms with Gasteiger partial charge in [0.05, 0.1) is 28.5 Å². The number of carbonyl (C=O) groups is 1. The Morgan fingerprint density at radius 1 is 1.33 bits per heavy atom. The zero-order valence-corrected chi connectivity index (χ0v) is 12.9. The van der Waals surface area contributed by atoms with Crippen molar-refractivity contribution >= 4 is 17.4 Å². The molecule has 2 heterocycles. The topological polar surface area (TPSA) is 78.9 Å². The van der Waals surface area contributed by atoms with Crippen molar-refractivity contribution in [3.8, 4) is 0 Å². The molecule has 8 heteroatoms. The molecule has 21 heavy (non-hydrogen) atoms. The van der Waals surface area contributed by atoms with E-state index >= 15 is 0 Å². The van der Waals surface area contributed by atoms with Gasteiger partial charge in [0.15, 0.2) is 5.78 Å². The second-order valence-electron chi connectivity index (χ2n) is 4.84. The van der Waals surface area contributed by atoms with Gasteiger partial charge >= 0.3 is 5.69 Å². The van der Waals surface area contributed by atoms with E-state index in [4.69, 9.17) is 11.6 Å². The van der Waals surface area contributed by atoms with E-state index in [-0.39, 0.29) is 12.1 Å². The van der Waals surface area contributed by atoms with E-state index in [2.05, 4.69) is 5.10 Å². The Morgan fingerprint density at radius 3 is 2.43 bits per heavy atom. The van der Waals surface area contributed by atoms with E-state index in [0.29, 0.717) is 16.4 Å². The maximum absolute atomic E-state index is 12.1. The van der Waals surface area contributed by atoms with Gasteiger partial charge in [-0.2, -0.15) is 5.10 Å². The van der Waals surface area contributed by atoms with Crippen LogP contribution >= 0.6 is 11.6 Å². The van der Waals surface area contributed by atoms with Gasteiger partial charge in [0.25, 0.3) is 5.56 Å². The van der Waals surface area contributed by atoms with Gasteiger partial charge in [-0.1, -0.05) is 11.6 Å². The smallest absolute Gasteiger partial charge is 0.294 e. The number of hydrogen-bond acceptors (Lipinski definition) is 4. The largest absolute Gasteiger partial charge is 0.331 e. The Bertz CT molecular complexity index is 844. The number of hydrogen-bond donors (Lipinski definition) is 0. The molecule has 0 saturated heterocycles. The first-order valence-electron chi connectivity index (χ1n) is 6.23. The van der Waals surface area contributed by atoms with Crippen LogP contribution in [0.25, 0.3) is 0 Å². The van der Waals surface area contributed by atoms with Gasteiger partial charge in [0.2, 0.25) is 0 Å². The number of Topliss-reactive ketones (excluding diaryl/α,β-unsaturated/α-hetero) is 1. The molecule has 0 unspecified atom stereocenters. The molecule has 0 aliphatic heterocycles. The third-order valence-corrected chi connectivity index (χ3v) is 3.81. The fourth-order valence-electron chi connectivity index (χ4n) is 2.09. The van der Waals surface area contributed by atoms with E-state index in [1.54, 1.807) is 18.7 Å². The quantitative estimate of drug-likeness (QED) is 0.773. The minimum Gasteiger partial charge on any atom is -0.294 e. The molecule has 0 N–H and O–H groups in total. The monoisotopic (exact) mass is 310 g/mol. The third-order valence-electron chi connectivity index (χ3n) is 3.31. The molecule has 0 fully saturated rings. The normalized spacial score (nSPS) is 10.9. The van der Waals surface area contributed by atoms with Crippen molar-refractivity contribution in [3.63, 3.8) is 0 Å². The average molecular weight is 311 g/mol. The molecule has 7 nitrogen and oxygen atoms in total. The molecule has 0 bridgehead atoms. The van der Waals surface area contributed by atoms with E-state index < -0.39 is 17.0 Å². The second kappa shape index (κ2) is 5.33. The summed E-state index contributed by atoms with van der Waals surface area (Å²) in [6, 6.07) is 0. The van der Waals surface area contributed by atoms with Crippen LogP contribution in [0.1, 0.15) is 28.7 Å². The predicted octanol–water partition coefficient (Wildman–Crippen LogP) is 0.493.